The van der Waals surface area contributed by atoms with Crippen LogP contribution in [0.15, 0.2) is 54.6 Å². The number of halogens is 3. The minimum Gasteiger partial charge on any atom is -0.406 e. The van der Waals surface area contributed by atoms with Crippen LogP contribution in [0, 0.1) is 5.92 Å². The van der Waals surface area contributed by atoms with Crippen LogP contribution in [0.1, 0.15) is 28.8 Å². The van der Waals surface area contributed by atoms with Gasteiger partial charge in [0.1, 0.15) is 5.75 Å². The van der Waals surface area contributed by atoms with Crippen molar-refractivity contribution in [2.75, 3.05) is 13.1 Å². The molecule has 138 valence electrons. The van der Waals surface area contributed by atoms with Crippen LogP contribution in [0.2, 0.25) is 0 Å². The van der Waals surface area contributed by atoms with Crippen molar-refractivity contribution in [1.82, 2.24) is 4.90 Å². The van der Waals surface area contributed by atoms with Crippen molar-refractivity contribution >= 4 is 5.78 Å². The fourth-order valence-electron chi connectivity index (χ4n) is 3.25. The minimum atomic E-state index is -4.73. The van der Waals surface area contributed by atoms with Crippen molar-refractivity contribution < 1.29 is 22.7 Å². The normalized spacial score (nSPS) is 16.4. The number of ketones is 1. The molecule has 0 radical (unpaired) electrons. The maximum atomic E-state index is 12.6. The quantitative estimate of drug-likeness (QED) is 0.723. The molecule has 0 aliphatic carbocycles. The van der Waals surface area contributed by atoms with E-state index in [0.717, 1.165) is 32.5 Å². The molecule has 2 aromatic rings. The zero-order valence-corrected chi connectivity index (χ0v) is 14.2. The Bertz CT molecular complexity index is 721. The highest BCUT2D eigenvalue weighted by atomic mass is 19.4. The first-order valence-corrected chi connectivity index (χ1v) is 8.57. The summed E-state index contributed by atoms with van der Waals surface area (Å²) in [6, 6.07) is 15.4. The lowest BCUT2D eigenvalue weighted by molar-refractivity contribution is -0.274. The third kappa shape index (κ3) is 5.08. The molecule has 0 atom stereocenters. The number of hydrogen-bond acceptors (Lipinski definition) is 3. The molecule has 2 aromatic carbocycles. The third-order valence-corrected chi connectivity index (χ3v) is 4.58. The number of carbonyl (C=O) groups is 1. The number of alkyl halides is 3. The Labute approximate surface area is 150 Å². The molecule has 0 spiro atoms. The molecule has 1 aliphatic heterocycles. The van der Waals surface area contributed by atoms with Crippen LogP contribution in [-0.4, -0.2) is 30.1 Å². The number of piperidine rings is 1. The molecule has 26 heavy (non-hydrogen) atoms. The number of likely N-dealkylation sites (tertiary alicyclic amines) is 1. The summed E-state index contributed by atoms with van der Waals surface area (Å²) >= 11 is 0. The van der Waals surface area contributed by atoms with E-state index in [9.17, 15) is 18.0 Å². The number of rotatable bonds is 5. The third-order valence-electron chi connectivity index (χ3n) is 4.58. The fourth-order valence-corrected chi connectivity index (χ4v) is 3.25. The monoisotopic (exact) mass is 363 g/mol. The van der Waals surface area contributed by atoms with Gasteiger partial charge in [-0.05, 0) is 55.8 Å². The molecule has 3 nitrogen and oxygen atoms in total. The summed E-state index contributed by atoms with van der Waals surface area (Å²) < 4.78 is 40.4. The predicted molar refractivity (Wildman–Crippen MR) is 91.9 cm³/mol. The second-order valence-corrected chi connectivity index (χ2v) is 6.47. The van der Waals surface area contributed by atoms with Crippen molar-refractivity contribution in [3.05, 3.63) is 65.7 Å². The van der Waals surface area contributed by atoms with Gasteiger partial charge in [-0.3, -0.25) is 9.69 Å². The lowest BCUT2D eigenvalue weighted by Gasteiger charge is -2.31. The van der Waals surface area contributed by atoms with Crippen LogP contribution in [0.3, 0.4) is 0 Å². The van der Waals surface area contributed by atoms with Gasteiger partial charge in [-0.1, -0.05) is 30.3 Å². The summed E-state index contributed by atoms with van der Waals surface area (Å²) in [5.74, 6) is -0.411. The molecule has 0 saturated carbocycles. The van der Waals surface area contributed by atoms with Gasteiger partial charge in [-0.15, -0.1) is 13.2 Å². The van der Waals surface area contributed by atoms with Gasteiger partial charge in [0.15, 0.2) is 5.78 Å². The van der Waals surface area contributed by atoms with E-state index >= 15 is 0 Å². The molecule has 0 bridgehead atoms. The molecular weight excluding hydrogens is 343 g/mol. The van der Waals surface area contributed by atoms with Gasteiger partial charge < -0.3 is 4.74 Å². The molecule has 0 amide bonds. The summed E-state index contributed by atoms with van der Waals surface area (Å²) in [4.78, 5) is 14.9. The van der Waals surface area contributed by atoms with E-state index in [1.807, 2.05) is 18.2 Å². The van der Waals surface area contributed by atoms with E-state index < -0.39 is 6.36 Å². The van der Waals surface area contributed by atoms with Crippen molar-refractivity contribution in [3.63, 3.8) is 0 Å². The van der Waals surface area contributed by atoms with E-state index in [-0.39, 0.29) is 17.5 Å². The number of nitrogens with zero attached hydrogens (tertiary/aromatic N) is 1. The summed E-state index contributed by atoms with van der Waals surface area (Å²) in [5, 5.41) is 0. The molecule has 1 aliphatic rings. The molecule has 0 N–H and O–H groups in total. The van der Waals surface area contributed by atoms with Gasteiger partial charge in [0.2, 0.25) is 0 Å². The van der Waals surface area contributed by atoms with E-state index in [4.69, 9.17) is 0 Å². The second kappa shape index (κ2) is 7.91. The Balaban J connectivity index is 1.53. The second-order valence-electron chi connectivity index (χ2n) is 6.47. The molecule has 0 unspecified atom stereocenters. The number of hydrogen-bond donors (Lipinski definition) is 0. The number of Topliss-reactive ketones (excluding diaryl/α,β-unsaturated/α-hetero) is 1. The fraction of sp³-hybridized carbons (Fsp3) is 0.350. The first-order chi connectivity index (χ1) is 12.4. The van der Waals surface area contributed by atoms with Crippen LogP contribution >= 0.6 is 0 Å². The molecule has 1 heterocycles. The average Bonchev–Trinajstić information content (AvgIpc) is 2.62. The molecule has 1 saturated heterocycles. The van der Waals surface area contributed by atoms with E-state index in [2.05, 4.69) is 21.8 Å². The maximum absolute atomic E-state index is 12.6. The Morgan fingerprint density at radius 3 is 2.19 bits per heavy atom. The first-order valence-electron chi connectivity index (χ1n) is 8.57. The zero-order valence-electron chi connectivity index (χ0n) is 14.2. The van der Waals surface area contributed by atoms with E-state index in [0.29, 0.717) is 5.56 Å². The molecule has 6 heteroatoms. The van der Waals surface area contributed by atoms with Crippen molar-refractivity contribution in [1.29, 1.82) is 0 Å². The van der Waals surface area contributed by atoms with Crippen LogP contribution in [0.4, 0.5) is 13.2 Å². The Morgan fingerprint density at radius 2 is 1.62 bits per heavy atom. The Hall–Kier alpha value is -2.34. The van der Waals surface area contributed by atoms with Crippen LogP contribution in [0.25, 0.3) is 0 Å². The van der Waals surface area contributed by atoms with E-state index in [1.165, 1.54) is 29.8 Å². The van der Waals surface area contributed by atoms with E-state index in [1.54, 1.807) is 0 Å². The number of ether oxygens (including phenoxy) is 1. The largest absolute Gasteiger partial charge is 0.573 e. The summed E-state index contributed by atoms with van der Waals surface area (Å²) in [6.07, 6.45) is -3.21. The standard InChI is InChI=1S/C20H20F3NO2/c21-20(22,23)26-18-8-6-16(7-9-18)19(25)17-10-12-24(13-11-17)14-15-4-2-1-3-5-15/h1-9,17H,10-14H2. The zero-order chi connectivity index (χ0) is 18.6. The lowest BCUT2D eigenvalue weighted by Crippen LogP contribution is -2.35. The molecular formula is C20H20F3NO2. The topological polar surface area (TPSA) is 29.5 Å². The van der Waals surface area contributed by atoms with Gasteiger partial charge in [0.05, 0.1) is 0 Å². The van der Waals surface area contributed by atoms with Gasteiger partial charge in [0.25, 0.3) is 0 Å². The van der Waals surface area contributed by atoms with Gasteiger partial charge in [0, 0.05) is 18.0 Å². The van der Waals surface area contributed by atoms with Crippen molar-refractivity contribution in [3.8, 4) is 5.75 Å². The maximum Gasteiger partial charge on any atom is 0.573 e. The Kier molecular flexibility index (Phi) is 5.61. The highest BCUT2D eigenvalue weighted by Crippen LogP contribution is 2.26. The molecule has 3 rings (SSSR count). The SMILES string of the molecule is O=C(c1ccc(OC(F)(F)F)cc1)C1CCN(Cc2ccccc2)CC1. The first kappa shape index (κ1) is 18.5. The summed E-state index contributed by atoms with van der Waals surface area (Å²) in [5.41, 5.74) is 1.68. The number of carbonyl (C=O) groups excluding carboxylic acids is 1. The number of benzene rings is 2. The molecule has 1 fully saturated rings. The van der Waals surface area contributed by atoms with Crippen molar-refractivity contribution in [2.45, 2.75) is 25.7 Å². The van der Waals surface area contributed by atoms with Gasteiger partial charge >= 0.3 is 6.36 Å². The summed E-state index contributed by atoms with van der Waals surface area (Å²) in [7, 11) is 0. The smallest absolute Gasteiger partial charge is 0.406 e. The van der Waals surface area contributed by atoms with Gasteiger partial charge in [-0.25, -0.2) is 0 Å². The van der Waals surface area contributed by atoms with Crippen LogP contribution < -0.4 is 4.74 Å². The highest BCUT2D eigenvalue weighted by Gasteiger charge is 2.31. The predicted octanol–water partition coefficient (Wildman–Crippen LogP) is 4.68. The lowest BCUT2D eigenvalue weighted by atomic mass is 9.88. The Morgan fingerprint density at radius 1 is 1.00 bits per heavy atom. The van der Waals surface area contributed by atoms with Crippen LogP contribution in [-0.2, 0) is 6.54 Å². The molecule has 0 aromatic heterocycles. The average molecular weight is 363 g/mol. The highest BCUT2D eigenvalue weighted by molar-refractivity contribution is 5.98. The van der Waals surface area contributed by atoms with Crippen molar-refractivity contribution in [2.24, 2.45) is 5.92 Å². The summed E-state index contributed by atoms with van der Waals surface area (Å²) in [6.45, 7) is 2.53. The van der Waals surface area contributed by atoms with Gasteiger partial charge in [-0.2, -0.15) is 0 Å². The van der Waals surface area contributed by atoms with Crippen LogP contribution in [0.5, 0.6) is 5.75 Å². The minimum absolute atomic E-state index is 0.0112.